The molecule has 2 N–H and O–H groups in total. The van der Waals surface area contributed by atoms with Gasteiger partial charge in [-0.25, -0.2) is 0 Å². The number of benzene rings is 1. The van der Waals surface area contributed by atoms with Crippen molar-refractivity contribution in [2.24, 2.45) is 5.92 Å². The van der Waals surface area contributed by atoms with Crippen molar-refractivity contribution in [2.75, 3.05) is 19.7 Å². The Labute approximate surface area is 89.1 Å². The number of hydrogen-bond acceptors (Lipinski definition) is 3. The molecular formula is C12H15NO2. The van der Waals surface area contributed by atoms with Crippen LogP contribution in [0.1, 0.15) is 5.56 Å². The maximum atomic E-state index is 10.2. The Morgan fingerprint density at radius 2 is 2.13 bits per heavy atom. The molecule has 2 aliphatic rings. The fourth-order valence-corrected chi connectivity index (χ4v) is 2.34. The summed E-state index contributed by atoms with van der Waals surface area (Å²) in [4.78, 5) is 0. The van der Waals surface area contributed by atoms with Gasteiger partial charge >= 0.3 is 0 Å². The van der Waals surface area contributed by atoms with Gasteiger partial charge in [0, 0.05) is 19.0 Å². The summed E-state index contributed by atoms with van der Waals surface area (Å²) in [5, 5.41) is 13.3. The average molecular weight is 205 g/mol. The van der Waals surface area contributed by atoms with E-state index >= 15 is 0 Å². The van der Waals surface area contributed by atoms with E-state index in [0.29, 0.717) is 19.7 Å². The van der Waals surface area contributed by atoms with Gasteiger partial charge in [0.05, 0.1) is 12.2 Å². The molecule has 2 heterocycles. The molecule has 1 unspecified atom stereocenters. The molecule has 0 aromatic heterocycles. The van der Waals surface area contributed by atoms with Crippen molar-refractivity contribution in [3.63, 3.8) is 0 Å². The van der Waals surface area contributed by atoms with Gasteiger partial charge in [-0.1, -0.05) is 18.2 Å². The molecule has 0 radical (unpaired) electrons. The van der Waals surface area contributed by atoms with E-state index in [4.69, 9.17) is 4.74 Å². The van der Waals surface area contributed by atoms with Crippen LogP contribution in [0, 0.1) is 5.92 Å². The van der Waals surface area contributed by atoms with Gasteiger partial charge in [-0.2, -0.15) is 0 Å². The van der Waals surface area contributed by atoms with E-state index in [2.05, 4.69) is 11.4 Å². The number of aliphatic hydroxyl groups is 1. The zero-order chi connectivity index (χ0) is 10.3. The van der Waals surface area contributed by atoms with E-state index in [1.807, 2.05) is 18.2 Å². The van der Waals surface area contributed by atoms with Crippen molar-refractivity contribution in [2.45, 2.75) is 12.0 Å². The minimum absolute atomic E-state index is 0.230. The summed E-state index contributed by atoms with van der Waals surface area (Å²) in [6, 6.07) is 8.08. The molecule has 2 aliphatic heterocycles. The summed E-state index contributed by atoms with van der Waals surface area (Å²) < 4.78 is 5.67. The van der Waals surface area contributed by atoms with E-state index in [-0.39, 0.29) is 5.92 Å². The Bertz CT molecular complexity index is 374. The van der Waals surface area contributed by atoms with E-state index in [9.17, 15) is 5.11 Å². The molecule has 3 nitrogen and oxygen atoms in total. The van der Waals surface area contributed by atoms with Gasteiger partial charge in [-0.05, 0) is 18.1 Å². The van der Waals surface area contributed by atoms with Crippen molar-refractivity contribution >= 4 is 0 Å². The molecule has 0 amide bonds. The molecule has 0 bridgehead atoms. The maximum absolute atomic E-state index is 10.2. The zero-order valence-corrected chi connectivity index (χ0v) is 8.57. The first kappa shape index (κ1) is 9.19. The van der Waals surface area contributed by atoms with Gasteiger partial charge in [0.25, 0.3) is 0 Å². The van der Waals surface area contributed by atoms with Gasteiger partial charge in [-0.15, -0.1) is 0 Å². The SMILES string of the molecule is OC1(C2COc3ccccc3C2)CNC1. The van der Waals surface area contributed by atoms with Gasteiger partial charge in [0.2, 0.25) is 0 Å². The first-order valence-electron chi connectivity index (χ1n) is 5.42. The smallest absolute Gasteiger partial charge is 0.122 e. The monoisotopic (exact) mass is 205 g/mol. The van der Waals surface area contributed by atoms with E-state index < -0.39 is 5.60 Å². The van der Waals surface area contributed by atoms with Crippen molar-refractivity contribution in [3.8, 4) is 5.75 Å². The largest absolute Gasteiger partial charge is 0.493 e. The predicted molar refractivity (Wildman–Crippen MR) is 57.0 cm³/mol. The minimum atomic E-state index is -0.548. The van der Waals surface area contributed by atoms with Crippen LogP contribution in [0.4, 0.5) is 0 Å². The molecule has 1 fully saturated rings. The number of fused-ring (bicyclic) bond motifs is 1. The lowest BCUT2D eigenvalue weighted by molar-refractivity contribution is -0.0783. The highest BCUT2D eigenvalue weighted by Crippen LogP contribution is 2.33. The van der Waals surface area contributed by atoms with Crippen molar-refractivity contribution in [1.82, 2.24) is 5.32 Å². The molecule has 15 heavy (non-hydrogen) atoms. The van der Waals surface area contributed by atoms with Crippen LogP contribution in [0.25, 0.3) is 0 Å². The minimum Gasteiger partial charge on any atom is -0.493 e. The highest BCUT2D eigenvalue weighted by molar-refractivity contribution is 5.35. The first-order chi connectivity index (χ1) is 7.28. The fourth-order valence-electron chi connectivity index (χ4n) is 2.34. The van der Waals surface area contributed by atoms with Gasteiger partial charge in [-0.3, -0.25) is 0 Å². The lowest BCUT2D eigenvalue weighted by atomic mass is 9.78. The molecule has 0 spiro atoms. The van der Waals surface area contributed by atoms with Crippen LogP contribution in [-0.4, -0.2) is 30.4 Å². The molecule has 3 rings (SSSR count). The number of ether oxygens (including phenoxy) is 1. The van der Waals surface area contributed by atoms with Gasteiger partial charge in [0.1, 0.15) is 5.75 Å². The highest BCUT2D eigenvalue weighted by atomic mass is 16.5. The number of β-amino-alcohol motifs (C(OH)–C–C–N with tert-alkyl or cyclic N) is 1. The van der Waals surface area contributed by atoms with E-state index in [1.54, 1.807) is 0 Å². The number of rotatable bonds is 1. The van der Waals surface area contributed by atoms with Crippen LogP contribution in [0.3, 0.4) is 0 Å². The summed E-state index contributed by atoms with van der Waals surface area (Å²) in [7, 11) is 0. The average Bonchev–Trinajstić information content (AvgIpc) is 2.25. The summed E-state index contributed by atoms with van der Waals surface area (Å²) in [6.45, 7) is 2.03. The molecule has 1 aromatic rings. The summed E-state index contributed by atoms with van der Waals surface area (Å²) in [6.07, 6.45) is 0.925. The second kappa shape index (κ2) is 3.22. The fraction of sp³-hybridized carbons (Fsp3) is 0.500. The topological polar surface area (TPSA) is 41.5 Å². The van der Waals surface area contributed by atoms with Gasteiger partial charge < -0.3 is 15.2 Å². The Balaban J connectivity index is 1.83. The third kappa shape index (κ3) is 1.43. The molecule has 1 atom stereocenters. The molecule has 1 aromatic carbocycles. The van der Waals surface area contributed by atoms with Crippen molar-refractivity contribution in [1.29, 1.82) is 0 Å². The molecule has 3 heteroatoms. The van der Waals surface area contributed by atoms with Crippen LogP contribution >= 0.6 is 0 Å². The third-order valence-electron chi connectivity index (χ3n) is 3.50. The second-order valence-corrected chi connectivity index (χ2v) is 4.53. The quantitative estimate of drug-likeness (QED) is 0.704. The lowest BCUT2D eigenvalue weighted by Gasteiger charge is -2.45. The number of nitrogens with one attached hydrogen (secondary N) is 1. The summed E-state index contributed by atoms with van der Waals surface area (Å²) >= 11 is 0. The predicted octanol–water partition coefficient (Wildman–Crippen LogP) is 0.572. The maximum Gasteiger partial charge on any atom is 0.122 e. The van der Waals surface area contributed by atoms with E-state index in [1.165, 1.54) is 5.56 Å². The van der Waals surface area contributed by atoms with Crippen LogP contribution < -0.4 is 10.1 Å². The number of para-hydroxylation sites is 1. The Kier molecular flexibility index (Phi) is 1.97. The second-order valence-electron chi connectivity index (χ2n) is 4.53. The number of hydrogen-bond donors (Lipinski definition) is 2. The Morgan fingerprint density at radius 3 is 2.87 bits per heavy atom. The van der Waals surface area contributed by atoms with E-state index in [0.717, 1.165) is 12.2 Å². The summed E-state index contributed by atoms with van der Waals surface area (Å²) in [5.41, 5.74) is 0.669. The Morgan fingerprint density at radius 1 is 1.33 bits per heavy atom. The van der Waals surface area contributed by atoms with Crippen LogP contribution in [-0.2, 0) is 6.42 Å². The van der Waals surface area contributed by atoms with Crippen molar-refractivity contribution in [3.05, 3.63) is 29.8 Å². The normalized spacial score (nSPS) is 27.4. The zero-order valence-electron chi connectivity index (χ0n) is 8.57. The van der Waals surface area contributed by atoms with Gasteiger partial charge in [0.15, 0.2) is 0 Å². The molecule has 0 aliphatic carbocycles. The van der Waals surface area contributed by atoms with Crippen LogP contribution in [0.15, 0.2) is 24.3 Å². The van der Waals surface area contributed by atoms with Crippen LogP contribution in [0.2, 0.25) is 0 Å². The standard InChI is InChI=1S/C12H15NO2/c14-12(7-13-8-12)10-5-9-3-1-2-4-11(9)15-6-10/h1-4,10,13-14H,5-8H2. The van der Waals surface area contributed by atoms with Crippen LogP contribution in [0.5, 0.6) is 5.75 Å². The van der Waals surface area contributed by atoms with Crippen molar-refractivity contribution < 1.29 is 9.84 Å². The Hall–Kier alpha value is -1.06. The highest BCUT2D eigenvalue weighted by Gasteiger charge is 2.44. The molecule has 1 saturated heterocycles. The third-order valence-corrected chi connectivity index (χ3v) is 3.50. The lowest BCUT2D eigenvalue weighted by Crippen LogP contribution is -2.65. The molecule has 80 valence electrons. The first-order valence-corrected chi connectivity index (χ1v) is 5.42. The molecule has 0 saturated carbocycles. The summed E-state index contributed by atoms with van der Waals surface area (Å²) in [5.74, 6) is 1.21. The molecular weight excluding hydrogens is 190 g/mol.